The Morgan fingerprint density at radius 1 is 1.00 bits per heavy atom. The van der Waals surface area contributed by atoms with Gasteiger partial charge in [-0.1, -0.05) is 32.4 Å². The van der Waals surface area contributed by atoms with E-state index in [1.165, 1.54) is 34.1 Å². The molecule has 0 unspecified atom stereocenters. The molecule has 0 aliphatic carbocycles. The first-order chi connectivity index (χ1) is 12.4. The molecule has 6 heteroatoms. The van der Waals surface area contributed by atoms with Crippen LogP contribution >= 0.6 is 0 Å². The van der Waals surface area contributed by atoms with Crippen molar-refractivity contribution in [2.45, 2.75) is 38.0 Å². The highest BCUT2D eigenvalue weighted by Gasteiger charge is 2.20. The highest BCUT2D eigenvalue weighted by molar-refractivity contribution is 7.89. The van der Waals surface area contributed by atoms with Gasteiger partial charge in [0.15, 0.2) is 0 Å². The second-order valence-electron chi connectivity index (χ2n) is 6.21. The van der Waals surface area contributed by atoms with Gasteiger partial charge in [0, 0.05) is 24.8 Å². The average Bonchev–Trinajstić information content (AvgIpc) is 2.66. The van der Waals surface area contributed by atoms with Crippen LogP contribution in [0.3, 0.4) is 0 Å². The monoisotopic (exact) mass is 374 g/mol. The second kappa shape index (κ2) is 8.96. The molecule has 140 valence electrons. The quantitative estimate of drug-likeness (QED) is 0.761. The second-order valence-corrected chi connectivity index (χ2v) is 8.25. The van der Waals surface area contributed by atoms with Crippen molar-refractivity contribution in [1.82, 2.24) is 4.31 Å². The van der Waals surface area contributed by atoms with Gasteiger partial charge in [0.25, 0.3) is 5.91 Å². The van der Waals surface area contributed by atoms with Crippen LogP contribution in [-0.4, -0.2) is 32.2 Å². The highest BCUT2D eigenvalue weighted by Crippen LogP contribution is 2.17. The van der Waals surface area contributed by atoms with Crippen molar-refractivity contribution in [3.63, 3.8) is 0 Å². The molecule has 5 nitrogen and oxygen atoms in total. The molecule has 0 aromatic heterocycles. The molecule has 0 aliphatic heterocycles. The minimum absolute atomic E-state index is 0.194. The normalized spacial score (nSPS) is 11.5. The molecule has 0 heterocycles. The molecular formula is C20H26N2O3S. The lowest BCUT2D eigenvalue weighted by atomic mass is 10.1. The molecule has 2 rings (SSSR count). The summed E-state index contributed by atoms with van der Waals surface area (Å²) >= 11 is 0. The number of sulfonamides is 1. The number of hydrogen-bond donors (Lipinski definition) is 1. The minimum Gasteiger partial charge on any atom is -0.322 e. The summed E-state index contributed by atoms with van der Waals surface area (Å²) in [5.74, 6) is -0.266. The zero-order chi connectivity index (χ0) is 19.2. The van der Waals surface area contributed by atoms with Crippen molar-refractivity contribution in [1.29, 1.82) is 0 Å². The molecule has 0 atom stereocenters. The highest BCUT2D eigenvalue weighted by atomic mass is 32.2. The van der Waals surface area contributed by atoms with Crippen molar-refractivity contribution in [2.75, 3.05) is 18.9 Å². The van der Waals surface area contributed by atoms with E-state index >= 15 is 0 Å². The standard InChI is InChI=1S/C20H26N2O3S/c1-4-6-15-22(3)26(24,25)19-13-9-17(10-14-19)20(23)21-18-11-7-16(5-2)8-12-18/h7-14H,4-6,15H2,1-3H3,(H,21,23). The zero-order valence-electron chi connectivity index (χ0n) is 15.5. The largest absolute Gasteiger partial charge is 0.322 e. The average molecular weight is 375 g/mol. The van der Waals surface area contributed by atoms with E-state index in [9.17, 15) is 13.2 Å². The van der Waals surface area contributed by atoms with E-state index in [0.29, 0.717) is 17.8 Å². The molecule has 0 fully saturated rings. The van der Waals surface area contributed by atoms with Crippen LogP contribution in [0.2, 0.25) is 0 Å². The number of rotatable bonds is 8. The predicted octanol–water partition coefficient (Wildman–Crippen LogP) is 3.92. The van der Waals surface area contributed by atoms with Crippen LogP contribution in [0, 0.1) is 0 Å². The number of amides is 1. The molecule has 0 spiro atoms. The first kappa shape index (κ1) is 20.1. The Kier molecular flexibility index (Phi) is 6.94. The van der Waals surface area contributed by atoms with E-state index in [2.05, 4.69) is 12.2 Å². The number of benzene rings is 2. The van der Waals surface area contributed by atoms with Crippen LogP contribution in [0.4, 0.5) is 5.69 Å². The zero-order valence-corrected chi connectivity index (χ0v) is 16.3. The smallest absolute Gasteiger partial charge is 0.255 e. The summed E-state index contributed by atoms with van der Waals surface area (Å²) < 4.78 is 26.3. The molecule has 26 heavy (non-hydrogen) atoms. The number of aryl methyl sites for hydroxylation is 1. The minimum atomic E-state index is -3.52. The number of hydrogen-bond acceptors (Lipinski definition) is 3. The molecule has 0 aliphatic rings. The Morgan fingerprint density at radius 2 is 1.62 bits per heavy atom. The van der Waals surface area contributed by atoms with Gasteiger partial charge in [-0.3, -0.25) is 4.79 Å². The summed E-state index contributed by atoms with van der Waals surface area (Å²) in [5.41, 5.74) is 2.33. The van der Waals surface area contributed by atoms with Gasteiger partial charge in [-0.25, -0.2) is 12.7 Å². The maximum atomic E-state index is 12.5. The summed E-state index contributed by atoms with van der Waals surface area (Å²) in [6, 6.07) is 13.7. The van der Waals surface area contributed by atoms with Gasteiger partial charge in [-0.2, -0.15) is 0 Å². The van der Waals surface area contributed by atoms with Crippen LogP contribution in [0.5, 0.6) is 0 Å². The number of nitrogens with one attached hydrogen (secondary N) is 1. The fraction of sp³-hybridized carbons (Fsp3) is 0.350. The first-order valence-electron chi connectivity index (χ1n) is 8.85. The Morgan fingerprint density at radius 3 is 2.15 bits per heavy atom. The summed E-state index contributed by atoms with van der Waals surface area (Å²) in [7, 11) is -1.94. The van der Waals surface area contributed by atoms with Gasteiger partial charge in [0.2, 0.25) is 10.0 Å². The van der Waals surface area contributed by atoms with Gasteiger partial charge >= 0.3 is 0 Å². The van der Waals surface area contributed by atoms with Crippen LogP contribution < -0.4 is 5.32 Å². The lowest BCUT2D eigenvalue weighted by Crippen LogP contribution is -2.28. The maximum absolute atomic E-state index is 12.5. The molecule has 0 saturated carbocycles. The van der Waals surface area contributed by atoms with E-state index < -0.39 is 10.0 Å². The fourth-order valence-electron chi connectivity index (χ4n) is 2.49. The fourth-order valence-corrected chi connectivity index (χ4v) is 3.70. The van der Waals surface area contributed by atoms with Gasteiger partial charge in [0.1, 0.15) is 0 Å². The van der Waals surface area contributed by atoms with Crippen molar-refractivity contribution in [3.8, 4) is 0 Å². The van der Waals surface area contributed by atoms with Crippen LogP contribution in [0.15, 0.2) is 53.4 Å². The summed E-state index contributed by atoms with van der Waals surface area (Å²) in [5, 5.41) is 2.82. The third-order valence-corrected chi connectivity index (χ3v) is 6.14. The van der Waals surface area contributed by atoms with E-state index in [0.717, 1.165) is 19.3 Å². The molecule has 2 aromatic rings. The predicted molar refractivity (Wildman–Crippen MR) is 105 cm³/mol. The van der Waals surface area contributed by atoms with Gasteiger partial charge in [0.05, 0.1) is 4.90 Å². The first-order valence-corrected chi connectivity index (χ1v) is 10.3. The lowest BCUT2D eigenvalue weighted by molar-refractivity contribution is 0.102. The third-order valence-electron chi connectivity index (χ3n) is 4.27. The molecule has 2 aromatic carbocycles. The van der Waals surface area contributed by atoms with Crippen molar-refractivity contribution in [3.05, 3.63) is 59.7 Å². The topological polar surface area (TPSA) is 66.5 Å². The molecule has 1 amide bonds. The Labute approximate surface area is 156 Å². The molecule has 0 bridgehead atoms. The van der Waals surface area contributed by atoms with E-state index in [4.69, 9.17) is 0 Å². The Hall–Kier alpha value is -2.18. The number of nitrogens with zero attached hydrogens (tertiary/aromatic N) is 1. The van der Waals surface area contributed by atoms with Crippen LogP contribution in [0.25, 0.3) is 0 Å². The van der Waals surface area contributed by atoms with Crippen molar-refractivity contribution >= 4 is 21.6 Å². The SMILES string of the molecule is CCCCN(C)S(=O)(=O)c1ccc(C(=O)Nc2ccc(CC)cc2)cc1. The van der Waals surface area contributed by atoms with Gasteiger partial charge in [-0.15, -0.1) is 0 Å². The summed E-state index contributed by atoms with van der Waals surface area (Å²) in [4.78, 5) is 12.5. The Balaban J connectivity index is 2.09. The summed E-state index contributed by atoms with van der Waals surface area (Å²) in [6.07, 6.45) is 2.68. The van der Waals surface area contributed by atoms with Gasteiger partial charge < -0.3 is 5.32 Å². The number of anilines is 1. The Bertz CT molecular complexity index is 828. The van der Waals surface area contributed by atoms with E-state index in [1.54, 1.807) is 7.05 Å². The van der Waals surface area contributed by atoms with E-state index in [-0.39, 0.29) is 10.8 Å². The molecular weight excluding hydrogens is 348 g/mol. The van der Waals surface area contributed by atoms with Gasteiger partial charge in [-0.05, 0) is 54.8 Å². The summed E-state index contributed by atoms with van der Waals surface area (Å²) in [6.45, 7) is 4.57. The number of carbonyl (C=O) groups excluding carboxylic acids is 1. The number of carbonyl (C=O) groups is 1. The van der Waals surface area contributed by atoms with Crippen molar-refractivity contribution in [2.24, 2.45) is 0 Å². The van der Waals surface area contributed by atoms with Crippen LogP contribution in [-0.2, 0) is 16.4 Å². The maximum Gasteiger partial charge on any atom is 0.255 e. The third kappa shape index (κ3) is 4.93. The molecule has 1 N–H and O–H groups in total. The molecule has 0 saturated heterocycles. The van der Waals surface area contributed by atoms with Crippen LogP contribution in [0.1, 0.15) is 42.6 Å². The molecule has 0 radical (unpaired) electrons. The lowest BCUT2D eigenvalue weighted by Gasteiger charge is -2.17. The van der Waals surface area contributed by atoms with Crippen molar-refractivity contribution < 1.29 is 13.2 Å². The number of unbranched alkanes of at least 4 members (excludes halogenated alkanes) is 1. The van der Waals surface area contributed by atoms with E-state index in [1.807, 2.05) is 31.2 Å².